The van der Waals surface area contributed by atoms with Gasteiger partial charge in [0.05, 0.1) is 22.4 Å². The summed E-state index contributed by atoms with van der Waals surface area (Å²) < 4.78 is 19.8. The number of fused-ring (bicyclic) bond motifs is 2. The SMILES string of the molecule is CC1(c2cc(Cl)c(F)c(Cl)c2)CC(c2ccc3c(c2)COC32CNC2)=NO1.CCl. The zero-order chi connectivity index (χ0) is 20.8. The third kappa shape index (κ3) is 3.43. The predicted molar refractivity (Wildman–Crippen MR) is 114 cm³/mol. The molecule has 0 amide bonds. The molecule has 2 aromatic rings. The van der Waals surface area contributed by atoms with Crippen LogP contribution in [0.5, 0.6) is 0 Å². The number of halogens is 4. The van der Waals surface area contributed by atoms with Gasteiger partial charge in [-0.15, -0.1) is 11.6 Å². The van der Waals surface area contributed by atoms with Gasteiger partial charge in [0.1, 0.15) is 5.60 Å². The van der Waals surface area contributed by atoms with Crippen molar-refractivity contribution in [3.8, 4) is 0 Å². The van der Waals surface area contributed by atoms with E-state index in [9.17, 15) is 4.39 Å². The topological polar surface area (TPSA) is 42.8 Å². The lowest BCUT2D eigenvalue weighted by molar-refractivity contribution is -0.0746. The van der Waals surface area contributed by atoms with Crippen molar-refractivity contribution in [1.29, 1.82) is 0 Å². The molecule has 154 valence electrons. The van der Waals surface area contributed by atoms with E-state index in [1.165, 1.54) is 17.5 Å². The number of benzene rings is 2. The van der Waals surface area contributed by atoms with Crippen molar-refractivity contribution in [2.45, 2.75) is 31.2 Å². The lowest BCUT2D eigenvalue weighted by atomic mass is 9.85. The van der Waals surface area contributed by atoms with Crippen LogP contribution in [-0.2, 0) is 27.4 Å². The molecule has 0 saturated carbocycles. The number of rotatable bonds is 2. The molecule has 5 rings (SSSR count). The van der Waals surface area contributed by atoms with Gasteiger partial charge in [0, 0.05) is 31.5 Å². The Balaban J connectivity index is 0.000000994. The Morgan fingerprint density at radius 1 is 1.10 bits per heavy atom. The van der Waals surface area contributed by atoms with Crippen LogP contribution in [0.25, 0.3) is 0 Å². The van der Waals surface area contributed by atoms with Crippen molar-refractivity contribution in [2.75, 3.05) is 19.5 Å². The van der Waals surface area contributed by atoms with Crippen molar-refractivity contribution in [3.63, 3.8) is 0 Å². The fourth-order valence-corrected chi connectivity index (χ4v) is 4.47. The fraction of sp³-hybridized carbons (Fsp3) is 0.381. The van der Waals surface area contributed by atoms with E-state index < -0.39 is 11.4 Å². The lowest BCUT2D eigenvalue weighted by Gasteiger charge is -2.39. The van der Waals surface area contributed by atoms with Gasteiger partial charge in [-0.05, 0) is 41.8 Å². The highest BCUT2D eigenvalue weighted by atomic mass is 35.5. The van der Waals surface area contributed by atoms with Crippen LogP contribution >= 0.6 is 34.8 Å². The van der Waals surface area contributed by atoms with Gasteiger partial charge in [0.25, 0.3) is 0 Å². The van der Waals surface area contributed by atoms with Crippen LogP contribution in [0, 0.1) is 5.82 Å². The zero-order valence-electron chi connectivity index (χ0n) is 16.0. The van der Waals surface area contributed by atoms with E-state index in [2.05, 4.69) is 40.3 Å². The molecule has 1 N–H and O–H groups in total. The van der Waals surface area contributed by atoms with Crippen LogP contribution in [0.15, 0.2) is 35.5 Å². The molecule has 0 aliphatic carbocycles. The zero-order valence-corrected chi connectivity index (χ0v) is 18.3. The van der Waals surface area contributed by atoms with Crippen molar-refractivity contribution in [3.05, 3.63) is 68.4 Å². The summed E-state index contributed by atoms with van der Waals surface area (Å²) in [6, 6.07) is 9.41. The quantitative estimate of drug-likeness (QED) is 0.488. The van der Waals surface area contributed by atoms with Crippen LogP contribution in [0.4, 0.5) is 4.39 Å². The molecule has 0 bridgehead atoms. The molecule has 3 heterocycles. The molecule has 1 atom stereocenters. The molecule has 4 nitrogen and oxygen atoms in total. The maximum absolute atomic E-state index is 13.7. The number of ether oxygens (including phenoxy) is 1. The second-order valence-electron chi connectivity index (χ2n) is 7.55. The Bertz CT molecular complexity index is 971. The summed E-state index contributed by atoms with van der Waals surface area (Å²) in [4.78, 5) is 5.74. The molecule has 29 heavy (non-hydrogen) atoms. The smallest absolute Gasteiger partial charge is 0.165 e. The Kier molecular flexibility index (Phi) is 5.55. The second-order valence-corrected chi connectivity index (χ2v) is 8.36. The predicted octanol–water partition coefficient (Wildman–Crippen LogP) is 5.36. The minimum Gasteiger partial charge on any atom is -0.384 e. The maximum atomic E-state index is 13.7. The Morgan fingerprint density at radius 3 is 2.41 bits per heavy atom. The largest absolute Gasteiger partial charge is 0.384 e. The number of nitrogens with one attached hydrogen (secondary N) is 1. The lowest BCUT2D eigenvalue weighted by Crippen LogP contribution is -2.56. The third-order valence-corrected chi connectivity index (χ3v) is 6.26. The Labute approximate surface area is 183 Å². The maximum Gasteiger partial charge on any atom is 0.165 e. The van der Waals surface area contributed by atoms with Gasteiger partial charge in [0.2, 0.25) is 0 Å². The first-order valence-corrected chi connectivity index (χ1v) is 10.7. The minimum absolute atomic E-state index is 0.0233. The molecular weight excluding hydrogens is 438 g/mol. The van der Waals surface area contributed by atoms with Gasteiger partial charge in [-0.2, -0.15) is 0 Å². The third-order valence-electron chi connectivity index (χ3n) is 5.71. The van der Waals surface area contributed by atoms with E-state index in [0.717, 1.165) is 24.4 Å². The van der Waals surface area contributed by atoms with E-state index in [-0.39, 0.29) is 15.6 Å². The molecule has 0 radical (unpaired) electrons. The van der Waals surface area contributed by atoms with Crippen LogP contribution in [0.2, 0.25) is 10.0 Å². The number of alkyl halides is 1. The molecular formula is C21H20Cl3FN2O2. The Morgan fingerprint density at radius 2 is 1.79 bits per heavy atom. The number of hydrogen-bond donors (Lipinski definition) is 1. The van der Waals surface area contributed by atoms with E-state index in [4.69, 9.17) is 32.8 Å². The number of nitrogens with zero attached hydrogens (tertiary/aromatic N) is 1. The van der Waals surface area contributed by atoms with Crippen LogP contribution in [0.3, 0.4) is 0 Å². The first kappa shape index (κ1) is 20.9. The summed E-state index contributed by atoms with van der Waals surface area (Å²) in [5.41, 5.74) is 4.08. The van der Waals surface area contributed by atoms with Crippen LogP contribution in [0.1, 0.15) is 35.6 Å². The summed E-state index contributed by atoms with van der Waals surface area (Å²) in [6.07, 6.45) is 2.01. The van der Waals surface area contributed by atoms with Crippen molar-refractivity contribution < 1.29 is 14.0 Å². The first-order chi connectivity index (χ1) is 13.9. The standard InChI is InChI=1S/C20H17Cl2FN2O2.CH3Cl/c1-19(13-5-15(21)18(23)16(22)6-13)7-17(25-27-19)11-2-3-14-12(4-11)8-26-20(14)9-24-10-20;1-2/h2-6,24H,7-10H2,1H3;1H3. The highest BCUT2D eigenvalue weighted by Gasteiger charge is 2.45. The number of hydrogen-bond acceptors (Lipinski definition) is 4. The molecule has 0 aromatic heterocycles. The fourth-order valence-electron chi connectivity index (χ4n) is 3.99. The van der Waals surface area contributed by atoms with Crippen LogP contribution in [-0.4, -0.2) is 25.2 Å². The average molecular weight is 458 g/mol. The molecule has 1 fully saturated rings. The van der Waals surface area contributed by atoms with Gasteiger partial charge in [-0.3, -0.25) is 0 Å². The first-order valence-electron chi connectivity index (χ1n) is 9.17. The molecule has 3 aliphatic rings. The van der Waals surface area contributed by atoms with Gasteiger partial charge in [0.15, 0.2) is 11.4 Å². The van der Waals surface area contributed by atoms with E-state index in [1.807, 2.05) is 6.92 Å². The highest BCUT2D eigenvalue weighted by Crippen LogP contribution is 2.42. The van der Waals surface area contributed by atoms with E-state index in [0.29, 0.717) is 18.6 Å². The highest BCUT2D eigenvalue weighted by molar-refractivity contribution is 6.35. The molecule has 3 aliphatic heterocycles. The van der Waals surface area contributed by atoms with Gasteiger partial charge < -0.3 is 14.9 Å². The summed E-state index contributed by atoms with van der Waals surface area (Å²) in [5.74, 6) is -0.622. The summed E-state index contributed by atoms with van der Waals surface area (Å²) >= 11 is 16.5. The normalized spacial score (nSPS) is 23.6. The second kappa shape index (κ2) is 7.71. The molecule has 2 aromatic carbocycles. The molecule has 1 spiro atoms. The summed E-state index contributed by atoms with van der Waals surface area (Å²) in [7, 11) is 0. The van der Waals surface area contributed by atoms with Crippen molar-refractivity contribution >= 4 is 40.5 Å². The summed E-state index contributed by atoms with van der Waals surface area (Å²) in [5, 5.41) is 7.53. The molecule has 8 heteroatoms. The van der Waals surface area contributed by atoms with Crippen LogP contribution < -0.4 is 5.32 Å². The van der Waals surface area contributed by atoms with Gasteiger partial charge in [-0.25, -0.2) is 4.39 Å². The Hall–Kier alpha value is -1.37. The van der Waals surface area contributed by atoms with Crippen molar-refractivity contribution in [2.24, 2.45) is 5.16 Å². The van der Waals surface area contributed by atoms with Gasteiger partial charge in [-0.1, -0.05) is 40.5 Å². The summed E-state index contributed by atoms with van der Waals surface area (Å²) in [6.45, 7) is 4.22. The molecule has 1 unspecified atom stereocenters. The van der Waals surface area contributed by atoms with Crippen molar-refractivity contribution in [1.82, 2.24) is 5.32 Å². The molecule has 1 saturated heterocycles. The monoisotopic (exact) mass is 456 g/mol. The van der Waals surface area contributed by atoms with Gasteiger partial charge >= 0.3 is 0 Å². The van der Waals surface area contributed by atoms with E-state index in [1.54, 1.807) is 12.1 Å². The van der Waals surface area contributed by atoms with E-state index >= 15 is 0 Å². The minimum atomic E-state index is -0.745. The number of oxime groups is 1. The average Bonchev–Trinajstić information content (AvgIpc) is 3.28.